The second-order valence-corrected chi connectivity index (χ2v) is 9.14. The van der Waals surface area contributed by atoms with Crippen molar-refractivity contribution in [3.05, 3.63) is 144 Å². The molecule has 37 heavy (non-hydrogen) atoms. The number of carbonyl (C=O) groups excluding carboxylic acids is 2. The van der Waals surface area contributed by atoms with E-state index in [-0.39, 0.29) is 5.78 Å². The number of amides is 1. The van der Waals surface area contributed by atoms with Crippen molar-refractivity contribution in [3.63, 3.8) is 0 Å². The number of ketones is 1. The highest BCUT2D eigenvalue weighted by molar-refractivity contribution is 6.18. The van der Waals surface area contributed by atoms with E-state index < -0.39 is 5.91 Å². The van der Waals surface area contributed by atoms with Crippen molar-refractivity contribution in [2.45, 2.75) is 6.54 Å². The number of hydrogen-bond acceptors (Lipinski definition) is 2. The first-order valence-corrected chi connectivity index (χ1v) is 12.2. The van der Waals surface area contributed by atoms with E-state index in [2.05, 4.69) is 34.9 Å². The van der Waals surface area contributed by atoms with Crippen LogP contribution in [0, 0.1) is 0 Å². The van der Waals surface area contributed by atoms with Crippen LogP contribution in [0.2, 0.25) is 0 Å². The average molecular weight is 481 g/mol. The van der Waals surface area contributed by atoms with Gasteiger partial charge in [-0.05, 0) is 41.0 Å². The van der Waals surface area contributed by atoms with E-state index in [1.165, 1.54) is 0 Å². The Hall–Kier alpha value is -4.96. The molecule has 0 radical (unpaired) electrons. The number of primary amides is 1. The van der Waals surface area contributed by atoms with Crippen molar-refractivity contribution in [2.24, 2.45) is 5.73 Å². The van der Waals surface area contributed by atoms with Crippen LogP contribution in [0.1, 0.15) is 31.8 Å². The number of carbonyl (C=O) groups is 2. The van der Waals surface area contributed by atoms with E-state index in [4.69, 9.17) is 5.73 Å². The first-order valence-electron chi connectivity index (χ1n) is 12.2. The molecule has 0 saturated carbocycles. The van der Waals surface area contributed by atoms with Gasteiger partial charge in [0.05, 0.1) is 11.0 Å². The van der Waals surface area contributed by atoms with Crippen molar-refractivity contribution < 1.29 is 9.59 Å². The lowest BCUT2D eigenvalue weighted by molar-refractivity contribution is 0.1000. The Morgan fingerprint density at radius 3 is 2.08 bits per heavy atom. The van der Waals surface area contributed by atoms with Crippen molar-refractivity contribution in [1.29, 1.82) is 0 Å². The van der Waals surface area contributed by atoms with Crippen LogP contribution in [0.3, 0.4) is 0 Å². The molecule has 0 fully saturated rings. The largest absolute Gasteiger partial charge is 0.366 e. The Morgan fingerprint density at radius 1 is 0.622 bits per heavy atom. The van der Waals surface area contributed by atoms with E-state index in [0.717, 1.165) is 38.5 Å². The maximum atomic E-state index is 13.1. The van der Waals surface area contributed by atoms with Gasteiger partial charge in [-0.15, -0.1) is 0 Å². The summed E-state index contributed by atoms with van der Waals surface area (Å²) in [6, 6.07) is 39.2. The van der Waals surface area contributed by atoms with Crippen molar-refractivity contribution in [1.82, 2.24) is 4.57 Å². The van der Waals surface area contributed by atoms with Gasteiger partial charge in [0, 0.05) is 34.0 Å². The summed E-state index contributed by atoms with van der Waals surface area (Å²) < 4.78 is 2.20. The number of fused-ring (bicyclic) bond motifs is 3. The fraction of sp³-hybridized carbons (Fsp3) is 0.0303. The molecular weight excluding hydrogens is 456 g/mol. The first kappa shape index (κ1) is 22.5. The topological polar surface area (TPSA) is 65.1 Å². The van der Waals surface area contributed by atoms with Gasteiger partial charge >= 0.3 is 0 Å². The molecule has 0 spiro atoms. The highest BCUT2D eigenvalue weighted by atomic mass is 16.1. The van der Waals surface area contributed by atoms with Crippen LogP contribution in [-0.2, 0) is 6.54 Å². The lowest BCUT2D eigenvalue weighted by atomic mass is 10.0. The third-order valence-electron chi connectivity index (χ3n) is 6.83. The van der Waals surface area contributed by atoms with Crippen molar-refractivity contribution in [2.75, 3.05) is 0 Å². The monoisotopic (exact) mass is 480 g/mol. The highest BCUT2D eigenvalue weighted by Gasteiger charge is 2.18. The smallest absolute Gasteiger partial charge is 0.249 e. The number of benzene rings is 5. The molecule has 2 N–H and O–H groups in total. The van der Waals surface area contributed by atoms with Gasteiger partial charge in [-0.1, -0.05) is 97.1 Å². The Kier molecular flexibility index (Phi) is 5.62. The molecule has 5 aromatic carbocycles. The summed E-state index contributed by atoms with van der Waals surface area (Å²) in [6.45, 7) is 0.538. The van der Waals surface area contributed by atoms with Crippen molar-refractivity contribution in [3.8, 4) is 11.1 Å². The van der Waals surface area contributed by atoms with Crippen LogP contribution < -0.4 is 5.73 Å². The molecule has 1 amide bonds. The van der Waals surface area contributed by atoms with Crippen LogP contribution in [0.25, 0.3) is 32.9 Å². The van der Waals surface area contributed by atoms with E-state index >= 15 is 0 Å². The fourth-order valence-electron chi connectivity index (χ4n) is 5.08. The van der Waals surface area contributed by atoms with Gasteiger partial charge in [-0.2, -0.15) is 0 Å². The zero-order valence-corrected chi connectivity index (χ0v) is 20.1. The number of nitrogens with two attached hydrogens (primary N) is 1. The van der Waals surface area contributed by atoms with Gasteiger partial charge in [-0.25, -0.2) is 0 Å². The fourth-order valence-corrected chi connectivity index (χ4v) is 5.08. The zero-order chi connectivity index (χ0) is 25.4. The van der Waals surface area contributed by atoms with Gasteiger partial charge in [0.2, 0.25) is 5.91 Å². The van der Waals surface area contributed by atoms with Crippen molar-refractivity contribution >= 4 is 33.5 Å². The standard InChI is InChI=1S/C33H24N2O2/c34-33(37)28-15-8-16-29-31(28)27-18-17-25(23-10-3-1-4-11-23)20-30(27)35(29)21-22-9-7-14-26(19-22)32(36)24-12-5-2-6-13-24/h1-20H,21H2,(H2,34,37). The lowest BCUT2D eigenvalue weighted by Crippen LogP contribution is -2.11. The van der Waals surface area contributed by atoms with Crippen LogP contribution >= 0.6 is 0 Å². The summed E-state index contributed by atoms with van der Waals surface area (Å²) in [4.78, 5) is 25.4. The lowest BCUT2D eigenvalue weighted by Gasteiger charge is -2.11. The third-order valence-corrected chi connectivity index (χ3v) is 6.83. The molecule has 0 aliphatic rings. The number of aromatic nitrogens is 1. The van der Waals surface area contributed by atoms with E-state index in [1.807, 2.05) is 84.9 Å². The summed E-state index contributed by atoms with van der Waals surface area (Å²) in [5.74, 6) is -0.459. The molecule has 4 heteroatoms. The molecular formula is C33H24N2O2. The Morgan fingerprint density at radius 2 is 1.32 bits per heavy atom. The maximum absolute atomic E-state index is 13.1. The molecule has 0 aliphatic carbocycles. The van der Waals surface area contributed by atoms with Crippen LogP contribution in [-0.4, -0.2) is 16.3 Å². The molecule has 0 atom stereocenters. The maximum Gasteiger partial charge on any atom is 0.249 e. The molecule has 6 rings (SSSR count). The molecule has 0 bridgehead atoms. The third kappa shape index (κ3) is 4.09. The zero-order valence-electron chi connectivity index (χ0n) is 20.1. The molecule has 1 heterocycles. The van der Waals surface area contributed by atoms with Gasteiger partial charge in [0.1, 0.15) is 0 Å². The molecule has 1 aromatic heterocycles. The second kappa shape index (κ2) is 9.25. The molecule has 0 aliphatic heterocycles. The molecule has 0 unspecified atom stereocenters. The minimum atomic E-state index is -0.452. The summed E-state index contributed by atoms with van der Waals surface area (Å²) in [6.07, 6.45) is 0. The summed E-state index contributed by atoms with van der Waals surface area (Å²) in [7, 11) is 0. The van der Waals surface area contributed by atoms with Gasteiger partial charge in [0.25, 0.3) is 0 Å². The number of hydrogen-bond donors (Lipinski definition) is 1. The SMILES string of the molecule is NC(=O)c1cccc2c1c1ccc(-c3ccccc3)cc1n2Cc1cccc(C(=O)c2ccccc2)c1. The number of rotatable bonds is 6. The van der Waals surface area contributed by atoms with Gasteiger partial charge < -0.3 is 10.3 Å². The van der Waals surface area contributed by atoms with Crippen LogP contribution in [0.15, 0.2) is 121 Å². The van der Waals surface area contributed by atoms with Crippen LogP contribution in [0.5, 0.6) is 0 Å². The number of nitrogens with zero attached hydrogens (tertiary/aromatic N) is 1. The van der Waals surface area contributed by atoms with E-state index in [9.17, 15) is 9.59 Å². The summed E-state index contributed by atoms with van der Waals surface area (Å²) >= 11 is 0. The summed E-state index contributed by atoms with van der Waals surface area (Å²) in [5.41, 5.74) is 12.7. The van der Waals surface area contributed by atoms with Gasteiger partial charge in [0.15, 0.2) is 5.78 Å². The Bertz CT molecular complexity index is 1780. The van der Waals surface area contributed by atoms with E-state index in [1.54, 1.807) is 6.07 Å². The predicted octanol–water partition coefficient (Wildman–Crippen LogP) is 6.84. The highest BCUT2D eigenvalue weighted by Crippen LogP contribution is 2.35. The van der Waals surface area contributed by atoms with Gasteiger partial charge in [-0.3, -0.25) is 9.59 Å². The minimum Gasteiger partial charge on any atom is -0.366 e. The Balaban J connectivity index is 1.52. The quantitative estimate of drug-likeness (QED) is 0.265. The summed E-state index contributed by atoms with van der Waals surface area (Å²) in [5, 5.41) is 1.82. The molecule has 178 valence electrons. The normalized spacial score (nSPS) is 11.1. The molecule has 0 saturated heterocycles. The second-order valence-electron chi connectivity index (χ2n) is 9.14. The predicted molar refractivity (Wildman–Crippen MR) is 149 cm³/mol. The Labute approximate surface area is 214 Å². The van der Waals surface area contributed by atoms with E-state index in [0.29, 0.717) is 23.2 Å². The minimum absolute atomic E-state index is 0.00736. The average Bonchev–Trinajstić information content (AvgIpc) is 3.26. The first-order chi connectivity index (χ1) is 18.1. The molecule has 6 aromatic rings. The van der Waals surface area contributed by atoms with Crippen LogP contribution in [0.4, 0.5) is 0 Å². The molecule has 4 nitrogen and oxygen atoms in total.